The number of carbonyl (C=O) groups excluding carboxylic acids is 2. The molecule has 1 aromatic heterocycles. The van der Waals surface area contributed by atoms with Gasteiger partial charge < -0.3 is 4.74 Å². The molecule has 0 saturated heterocycles. The molecule has 0 radical (unpaired) electrons. The highest BCUT2D eigenvalue weighted by atomic mass is 32.1. The summed E-state index contributed by atoms with van der Waals surface area (Å²) in [6.45, 7) is 2.06. The summed E-state index contributed by atoms with van der Waals surface area (Å²) in [5, 5.41) is 20.1. The highest BCUT2D eigenvalue weighted by Crippen LogP contribution is 2.50. The minimum Gasteiger partial charge on any atom is -0.462 e. The number of esters is 1. The van der Waals surface area contributed by atoms with Crippen LogP contribution in [0.5, 0.6) is 0 Å². The molecule has 0 spiro atoms. The number of hydrogen-bond donors (Lipinski definition) is 1. The van der Waals surface area contributed by atoms with E-state index in [2.05, 4.69) is 6.07 Å². The van der Waals surface area contributed by atoms with E-state index < -0.39 is 11.8 Å². The molecule has 5 rings (SSSR count). The van der Waals surface area contributed by atoms with Crippen LogP contribution in [0.25, 0.3) is 0 Å². The zero-order valence-electron chi connectivity index (χ0n) is 19.9. The number of rotatable bonds is 4. The fourth-order valence-electron chi connectivity index (χ4n) is 5.73. The average Bonchev–Trinajstić information content (AvgIpc) is 3.05. The molecule has 2 aliphatic carbocycles. The molecule has 180 valence electrons. The first kappa shape index (κ1) is 23.5. The predicted octanol–water partition coefficient (Wildman–Crippen LogP) is 5.92. The van der Waals surface area contributed by atoms with Crippen LogP contribution in [0.3, 0.4) is 0 Å². The minimum absolute atomic E-state index is 0.0358. The number of Topliss-reactive ketones (excluding diaryl/α,β-unsaturated/α-hetero) is 1. The molecule has 0 saturated carbocycles. The number of amidine groups is 1. The Balaban J connectivity index is 1.74. The number of benzene rings is 1. The molecule has 1 aliphatic heterocycles. The molecule has 0 amide bonds. The minimum atomic E-state index is -0.824. The fraction of sp³-hybridized carbons (Fsp3) is 0.429. The van der Waals surface area contributed by atoms with Crippen LogP contribution in [0.2, 0.25) is 0 Å². The summed E-state index contributed by atoms with van der Waals surface area (Å²) in [6.07, 6.45) is 6.67. The summed E-state index contributed by atoms with van der Waals surface area (Å²) >= 11 is 1.54. The van der Waals surface area contributed by atoms with Crippen molar-refractivity contribution in [2.75, 3.05) is 11.5 Å². The molecule has 0 bridgehead atoms. The van der Waals surface area contributed by atoms with E-state index in [0.29, 0.717) is 35.4 Å². The molecule has 1 N–H and O–H groups in total. The van der Waals surface area contributed by atoms with Gasteiger partial charge in [0.2, 0.25) is 0 Å². The number of aryl methyl sites for hydroxylation is 1. The first-order valence-electron chi connectivity index (χ1n) is 12.5. The van der Waals surface area contributed by atoms with E-state index in [4.69, 9.17) is 4.74 Å². The number of carbonyl (C=O) groups is 2. The van der Waals surface area contributed by atoms with Gasteiger partial charge >= 0.3 is 5.97 Å². The number of ketones is 1. The van der Waals surface area contributed by atoms with Crippen molar-refractivity contribution in [3.05, 3.63) is 63.2 Å². The third-order valence-electron chi connectivity index (χ3n) is 7.26. The molecule has 6 nitrogen and oxygen atoms in total. The van der Waals surface area contributed by atoms with Gasteiger partial charge in [-0.3, -0.25) is 15.1 Å². The van der Waals surface area contributed by atoms with Gasteiger partial charge in [-0.25, -0.2) is 4.79 Å². The quantitative estimate of drug-likeness (QED) is 0.427. The third-order valence-corrected chi connectivity index (χ3v) is 8.54. The summed E-state index contributed by atoms with van der Waals surface area (Å²) in [6, 6.07) is 11.9. The largest absolute Gasteiger partial charge is 0.462 e. The SMILES string of the molecule is CCOC(=O)c1c(N2C(=N)C(C#N)C(c3ccccc3)C3=C2CCCC3=O)sc2c1CCCCC2. The van der Waals surface area contributed by atoms with Crippen molar-refractivity contribution in [2.45, 2.75) is 64.2 Å². The van der Waals surface area contributed by atoms with Crippen LogP contribution in [0.4, 0.5) is 5.00 Å². The summed E-state index contributed by atoms with van der Waals surface area (Å²) < 4.78 is 5.48. The van der Waals surface area contributed by atoms with Gasteiger partial charge in [0.25, 0.3) is 0 Å². The Hall–Kier alpha value is -3.24. The molecule has 3 aliphatic rings. The number of nitrogens with zero attached hydrogens (tertiary/aromatic N) is 2. The zero-order chi connectivity index (χ0) is 24.5. The first-order valence-corrected chi connectivity index (χ1v) is 13.3. The van der Waals surface area contributed by atoms with Crippen LogP contribution in [0, 0.1) is 22.7 Å². The van der Waals surface area contributed by atoms with Crippen LogP contribution >= 0.6 is 11.3 Å². The lowest BCUT2D eigenvalue weighted by Gasteiger charge is -2.42. The molecule has 35 heavy (non-hydrogen) atoms. The lowest BCUT2D eigenvalue weighted by molar-refractivity contribution is -0.116. The van der Waals surface area contributed by atoms with Crippen LogP contribution in [-0.2, 0) is 22.4 Å². The summed E-state index contributed by atoms with van der Waals surface area (Å²) in [4.78, 5) is 29.6. The van der Waals surface area contributed by atoms with Gasteiger partial charge in [-0.2, -0.15) is 5.26 Å². The van der Waals surface area contributed by atoms with Gasteiger partial charge in [0.15, 0.2) is 5.78 Å². The van der Waals surface area contributed by atoms with E-state index in [1.165, 1.54) is 11.3 Å². The maximum absolute atomic E-state index is 13.4. The lowest BCUT2D eigenvalue weighted by Crippen LogP contribution is -2.46. The van der Waals surface area contributed by atoms with Crippen molar-refractivity contribution in [3.63, 3.8) is 0 Å². The third kappa shape index (κ3) is 4.00. The van der Waals surface area contributed by atoms with Crippen molar-refractivity contribution in [1.82, 2.24) is 0 Å². The van der Waals surface area contributed by atoms with E-state index in [-0.39, 0.29) is 24.2 Å². The number of thiophene rings is 1. The second-order valence-corrected chi connectivity index (χ2v) is 10.4. The Labute approximate surface area is 209 Å². The van der Waals surface area contributed by atoms with Crippen molar-refractivity contribution in [3.8, 4) is 6.07 Å². The molecule has 0 fully saturated rings. The normalized spacial score (nSPS) is 22.2. The Kier molecular flexibility index (Phi) is 6.57. The van der Waals surface area contributed by atoms with Gasteiger partial charge in [0.1, 0.15) is 16.8 Å². The Morgan fingerprint density at radius 3 is 2.66 bits per heavy atom. The summed E-state index contributed by atoms with van der Waals surface area (Å²) in [7, 11) is 0. The monoisotopic (exact) mass is 487 g/mol. The molecular formula is C28H29N3O3S. The van der Waals surface area contributed by atoms with E-state index >= 15 is 0 Å². The molecule has 2 unspecified atom stereocenters. The Bertz CT molecular complexity index is 1250. The van der Waals surface area contributed by atoms with Gasteiger partial charge in [0, 0.05) is 28.5 Å². The zero-order valence-corrected chi connectivity index (χ0v) is 20.7. The van der Waals surface area contributed by atoms with Crippen LogP contribution in [0.15, 0.2) is 41.6 Å². The number of allylic oxidation sites excluding steroid dienone is 2. The number of nitrogens with one attached hydrogen (secondary N) is 1. The Morgan fingerprint density at radius 2 is 1.91 bits per heavy atom. The van der Waals surface area contributed by atoms with Crippen molar-refractivity contribution >= 4 is 33.9 Å². The fourth-order valence-corrected chi connectivity index (χ4v) is 7.14. The molecule has 2 aromatic rings. The molecular weight excluding hydrogens is 458 g/mol. The number of anilines is 1. The van der Waals surface area contributed by atoms with Crippen molar-refractivity contribution in [2.24, 2.45) is 5.92 Å². The van der Waals surface area contributed by atoms with E-state index in [9.17, 15) is 20.3 Å². The lowest BCUT2D eigenvalue weighted by atomic mass is 9.72. The van der Waals surface area contributed by atoms with Gasteiger partial charge in [-0.1, -0.05) is 36.8 Å². The molecule has 1 aromatic carbocycles. The smallest absolute Gasteiger partial charge is 0.341 e. The topological polar surface area (TPSA) is 94.2 Å². The van der Waals surface area contributed by atoms with Gasteiger partial charge in [-0.15, -0.1) is 11.3 Å². The molecule has 2 atom stereocenters. The van der Waals surface area contributed by atoms with Crippen molar-refractivity contribution in [1.29, 1.82) is 10.7 Å². The van der Waals surface area contributed by atoms with Crippen molar-refractivity contribution < 1.29 is 14.3 Å². The first-order chi connectivity index (χ1) is 17.1. The predicted molar refractivity (Wildman–Crippen MR) is 136 cm³/mol. The standard InChI is InChI=1S/C28H29N3O3S/c1-2-34-28(33)24-18-12-7-4-8-15-22(18)35-27(24)31-20-13-9-14-21(32)25(20)23(19(16-29)26(31)30)17-10-5-3-6-11-17/h3,5-6,10-11,19,23,30H,2,4,7-9,12-15H2,1H3. The van der Waals surface area contributed by atoms with Crippen LogP contribution in [0.1, 0.15) is 77.7 Å². The summed E-state index contributed by atoms with van der Waals surface area (Å²) in [5.41, 5.74) is 3.82. The van der Waals surface area contributed by atoms with Gasteiger partial charge in [0.05, 0.1) is 18.2 Å². The van der Waals surface area contributed by atoms with Gasteiger partial charge in [-0.05, 0) is 56.6 Å². The van der Waals surface area contributed by atoms with Crippen LogP contribution < -0.4 is 4.90 Å². The second-order valence-electron chi connectivity index (χ2n) is 9.32. The number of ether oxygens (including phenoxy) is 1. The highest BCUT2D eigenvalue weighted by molar-refractivity contribution is 7.17. The number of nitriles is 1. The molecule has 7 heteroatoms. The second kappa shape index (κ2) is 9.79. The average molecular weight is 488 g/mol. The van der Waals surface area contributed by atoms with E-state index in [1.54, 1.807) is 11.8 Å². The van der Waals surface area contributed by atoms with Crippen LogP contribution in [-0.4, -0.2) is 24.2 Å². The number of hydrogen-bond acceptors (Lipinski definition) is 6. The maximum Gasteiger partial charge on any atom is 0.341 e. The van der Waals surface area contributed by atoms with E-state index in [0.717, 1.165) is 53.8 Å². The maximum atomic E-state index is 13.4. The Morgan fingerprint density at radius 1 is 1.14 bits per heavy atom. The van der Waals surface area contributed by atoms with E-state index in [1.807, 2.05) is 30.3 Å². The summed E-state index contributed by atoms with van der Waals surface area (Å²) in [5.74, 6) is -1.50. The highest BCUT2D eigenvalue weighted by Gasteiger charge is 2.46. The number of fused-ring (bicyclic) bond motifs is 1. The molecule has 2 heterocycles.